The van der Waals surface area contributed by atoms with Crippen molar-refractivity contribution < 1.29 is 19.1 Å². The molecule has 0 aromatic heterocycles. The Bertz CT molecular complexity index is 834. The third-order valence-electron chi connectivity index (χ3n) is 4.97. The molecule has 7 heteroatoms. The van der Waals surface area contributed by atoms with Crippen molar-refractivity contribution >= 4 is 17.7 Å². The molecule has 1 aliphatic rings. The summed E-state index contributed by atoms with van der Waals surface area (Å²) in [6, 6.07) is 18.3. The number of piperazine rings is 1. The Labute approximate surface area is 176 Å². The summed E-state index contributed by atoms with van der Waals surface area (Å²) in [7, 11) is 0. The largest absolute Gasteiger partial charge is 0.494 e. The van der Waals surface area contributed by atoms with Gasteiger partial charge in [0.05, 0.1) is 13.2 Å². The summed E-state index contributed by atoms with van der Waals surface area (Å²) < 4.78 is 5.61. The third-order valence-corrected chi connectivity index (χ3v) is 4.97. The quantitative estimate of drug-likeness (QED) is 0.676. The van der Waals surface area contributed by atoms with Crippen molar-refractivity contribution in [1.82, 2.24) is 15.1 Å². The van der Waals surface area contributed by atoms with E-state index >= 15 is 0 Å². The molecule has 158 valence electrons. The maximum Gasteiger partial charge on any atom is 0.251 e. The number of nitrogens with one attached hydrogen (secondary N) is 1. The second-order valence-corrected chi connectivity index (χ2v) is 7.08. The Kier molecular flexibility index (Phi) is 7.83. The van der Waals surface area contributed by atoms with Gasteiger partial charge in [-0.05, 0) is 30.7 Å². The molecule has 0 unspecified atom stereocenters. The third kappa shape index (κ3) is 6.34. The number of nitrogens with zero attached hydrogens (tertiary/aromatic N) is 2. The van der Waals surface area contributed by atoms with Crippen LogP contribution in [0.3, 0.4) is 0 Å². The van der Waals surface area contributed by atoms with E-state index < -0.39 is 0 Å². The van der Waals surface area contributed by atoms with Gasteiger partial charge < -0.3 is 19.9 Å². The number of carbonyl (C=O) groups excluding carboxylic acids is 3. The van der Waals surface area contributed by atoms with Crippen LogP contribution in [0.25, 0.3) is 0 Å². The number of carbonyl (C=O) groups is 3. The van der Waals surface area contributed by atoms with Gasteiger partial charge >= 0.3 is 0 Å². The molecule has 1 fully saturated rings. The molecule has 30 heavy (non-hydrogen) atoms. The minimum absolute atomic E-state index is 0.0432. The van der Waals surface area contributed by atoms with Crippen molar-refractivity contribution in [3.8, 4) is 5.75 Å². The average Bonchev–Trinajstić information content (AvgIpc) is 2.81. The van der Waals surface area contributed by atoms with Crippen molar-refractivity contribution in [2.45, 2.75) is 12.8 Å². The SMILES string of the molecule is O=C(NCC(=O)N1CCN(C(=O)CCCOc2ccccc2)CC1)c1ccccc1. The number of rotatable bonds is 8. The molecular formula is C23H27N3O4. The molecule has 3 rings (SSSR count). The second kappa shape index (κ2) is 11.0. The highest BCUT2D eigenvalue weighted by Crippen LogP contribution is 2.10. The van der Waals surface area contributed by atoms with Crippen LogP contribution in [0, 0.1) is 0 Å². The average molecular weight is 409 g/mol. The highest BCUT2D eigenvalue weighted by Gasteiger charge is 2.24. The minimum atomic E-state index is -0.268. The summed E-state index contributed by atoms with van der Waals surface area (Å²) in [5.74, 6) is 0.477. The number of amides is 3. The van der Waals surface area contributed by atoms with Crippen LogP contribution in [0.1, 0.15) is 23.2 Å². The van der Waals surface area contributed by atoms with Gasteiger partial charge in [-0.2, -0.15) is 0 Å². The predicted octanol–water partition coefficient (Wildman–Crippen LogP) is 1.95. The van der Waals surface area contributed by atoms with Crippen molar-refractivity contribution in [3.05, 3.63) is 66.2 Å². The van der Waals surface area contributed by atoms with E-state index in [1.165, 1.54) is 0 Å². The zero-order valence-corrected chi connectivity index (χ0v) is 17.0. The Morgan fingerprint density at radius 2 is 1.37 bits per heavy atom. The van der Waals surface area contributed by atoms with Crippen LogP contribution >= 0.6 is 0 Å². The molecule has 7 nitrogen and oxygen atoms in total. The van der Waals surface area contributed by atoms with Gasteiger partial charge in [0.1, 0.15) is 5.75 Å². The lowest BCUT2D eigenvalue weighted by atomic mass is 10.2. The van der Waals surface area contributed by atoms with Crippen LogP contribution < -0.4 is 10.1 Å². The minimum Gasteiger partial charge on any atom is -0.494 e. The normalized spacial score (nSPS) is 13.6. The second-order valence-electron chi connectivity index (χ2n) is 7.08. The lowest BCUT2D eigenvalue weighted by molar-refractivity contribution is -0.139. The molecule has 2 aromatic rings. The summed E-state index contributed by atoms with van der Waals surface area (Å²) in [5.41, 5.74) is 0.525. The van der Waals surface area contributed by atoms with E-state index in [-0.39, 0.29) is 24.3 Å². The Balaban J connectivity index is 1.32. The molecule has 0 saturated carbocycles. The molecule has 0 atom stereocenters. The van der Waals surface area contributed by atoms with Gasteiger partial charge in [-0.25, -0.2) is 0 Å². The lowest BCUT2D eigenvalue weighted by Crippen LogP contribution is -2.52. The highest BCUT2D eigenvalue weighted by molar-refractivity contribution is 5.96. The van der Waals surface area contributed by atoms with E-state index in [1.807, 2.05) is 36.4 Å². The molecule has 0 bridgehead atoms. The first-order valence-corrected chi connectivity index (χ1v) is 10.2. The molecule has 1 heterocycles. The molecule has 0 radical (unpaired) electrons. The topological polar surface area (TPSA) is 79.0 Å². The van der Waals surface area contributed by atoms with E-state index in [0.29, 0.717) is 51.2 Å². The van der Waals surface area contributed by atoms with Gasteiger partial charge in [-0.1, -0.05) is 36.4 Å². The van der Waals surface area contributed by atoms with E-state index in [9.17, 15) is 14.4 Å². The van der Waals surface area contributed by atoms with Gasteiger partial charge in [0.15, 0.2) is 0 Å². The molecule has 1 N–H and O–H groups in total. The number of para-hydroxylation sites is 1. The molecule has 1 saturated heterocycles. The standard InChI is InChI=1S/C23H27N3O4/c27-21(12-7-17-30-20-10-5-2-6-11-20)25-13-15-26(16-14-25)22(28)18-24-23(29)19-8-3-1-4-9-19/h1-6,8-11H,7,12-18H2,(H,24,29). The fourth-order valence-electron chi connectivity index (χ4n) is 3.25. The van der Waals surface area contributed by atoms with Gasteiger partial charge in [0, 0.05) is 38.2 Å². The molecule has 2 aromatic carbocycles. The van der Waals surface area contributed by atoms with Gasteiger partial charge in [-0.15, -0.1) is 0 Å². The first kappa shape index (κ1) is 21.4. The van der Waals surface area contributed by atoms with Crippen molar-refractivity contribution in [1.29, 1.82) is 0 Å². The Hall–Kier alpha value is -3.35. The zero-order chi connectivity index (χ0) is 21.2. The first-order valence-electron chi connectivity index (χ1n) is 10.2. The summed E-state index contributed by atoms with van der Waals surface area (Å²) >= 11 is 0. The summed E-state index contributed by atoms with van der Waals surface area (Å²) in [6.45, 7) is 2.43. The maximum atomic E-state index is 12.4. The van der Waals surface area contributed by atoms with E-state index in [1.54, 1.807) is 34.1 Å². The smallest absolute Gasteiger partial charge is 0.251 e. The van der Waals surface area contributed by atoms with Crippen LogP contribution in [0.2, 0.25) is 0 Å². The Morgan fingerprint density at radius 1 is 0.800 bits per heavy atom. The predicted molar refractivity (Wildman–Crippen MR) is 113 cm³/mol. The monoisotopic (exact) mass is 409 g/mol. The van der Waals surface area contributed by atoms with E-state index in [4.69, 9.17) is 4.74 Å². The summed E-state index contributed by atoms with van der Waals surface area (Å²) in [6.07, 6.45) is 1.08. The van der Waals surface area contributed by atoms with Crippen LogP contribution in [-0.4, -0.2) is 66.9 Å². The number of benzene rings is 2. The van der Waals surface area contributed by atoms with Crippen LogP contribution in [0.4, 0.5) is 0 Å². The molecule has 0 aliphatic carbocycles. The van der Waals surface area contributed by atoms with Crippen molar-refractivity contribution in [2.24, 2.45) is 0 Å². The molecular weight excluding hydrogens is 382 g/mol. The molecule has 1 aliphatic heterocycles. The van der Waals surface area contributed by atoms with Crippen LogP contribution in [-0.2, 0) is 9.59 Å². The number of hydrogen-bond acceptors (Lipinski definition) is 4. The fourth-order valence-corrected chi connectivity index (χ4v) is 3.25. The van der Waals surface area contributed by atoms with Gasteiger partial charge in [-0.3, -0.25) is 14.4 Å². The maximum absolute atomic E-state index is 12.4. The van der Waals surface area contributed by atoms with Crippen LogP contribution in [0.15, 0.2) is 60.7 Å². The summed E-state index contributed by atoms with van der Waals surface area (Å²) in [4.78, 5) is 40.2. The van der Waals surface area contributed by atoms with E-state index in [2.05, 4.69) is 5.32 Å². The van der Waals surface area contributed by atoms with Crippen LogP contribution in [0.5, 0.6) is 5.75 Å². The zero-order valence-electron chi connectivity index (χ0n) is 17.0. The van der Waals surface area contributed by atoms with Gasteiger partial charge in [0.2, 0.25) is 11.8 Å². The number of hydrogen-bond donors (Lipinski definition) is 1. The lowest BCUT2D eigenvalue weighted by Gasteiger charge is -2.35. The Morgan fingerprint density at radius 3 is 2.00 bits per heavy atom. The summed E-state index contributed by atoms with van der Waals surface area (Å²) in [5, 5.41) is 2.65. The number of ether oxygens (including phenoxy) is 1. The van der Waals surface area contributed by atoms with Crippen molar-refractivity contribution in [3.63, 3.8) is 0 Å². The van der Waals surface area contributed by atoms with E-state index in [0.717, 1.165) is 5.75 Å². The first-order chi connectivity index (χ1) is 14.6. The molecule has 0 spiro atoms. The van der Waals surface area contributed by atoms with Crippen molar-refractivity contribution in [2.75, 3.05) is 39.3 Å². The highest BCUT2D eigenvalue weighted by atomic mass is 16.5. The molecule has 3 amide bonds. The fraction of sp³-hybridized carbons (Fsp3) is 0.348. The van der Waals surface area contributed by atoms with Gasteiger partial charge in [0.25, 0.3) is 5.91 Å².